The van der Waals surface area contributed by atoms with Crippen LogP contribution in [-0.4, -0.2) is 9.97 Å². The van der Waals surface area contributed by atoms with E-state index in [-0.39, 0.29) is 11.5 Å². The van der Waals surface area contributed by atoms with E-state index in [0.29, 0.717) is 0 Å². The number of hydrogen-bond donors (Lipinski definition) is 1. The van der Waals surface area contributed by atoms with E-state index >= 15 is 0 Å². The number of ether oxygens (including phenoxy) is 1. The van der Waals surface area contributed by atoms with Crippen molar-refractivity contribution in [3.8, 4) is 11.5 Å². The number of halogens is 1. The first-order valence-electron chi connectivity index (χ1n) is 4.23. The highest BCUT2D eigenvalue weighted by atomic mass is 19.1. The van der Waals surface area contributed by atoms with Crippen molar-refractivity contribution in [2.45, 2.75) is 0 Å². The van der Waals surface area contributed by atoms with Crippen molar-refractivity contribution < 1.29 is 9.13 Å². The SMILES string of the molecule is O=c1ncc(Oc2ccccc2F)c[nH]1. The maximum Gasteiger partial charge on any atom is 0.345 e. The van der Waals surface area contributed by atoms with Crippen LogP contribution in [-0.2, 0) is 0 Å². The molecular weight excluding hydrogens is 199 g/mol. The minimum atomic E-state index is -0.476. The standard InChI is InChI=1S/C10H7FN2O2/c11-8-3-1-2-4-9(8)15-7-5-12-10(14)13-6-7/h1-6H,(H,12,13,14). The van der Waals surface area contributed by atoms with E-state index in [1.807, 2.05) is 0 Å². The van der Waals surface area contributed by atoms with Crippen LogP contribution in [0.2, 0.25) is 0 Å². The molecule has 0 radical (unpaired) electrons. The van der Waals surface area contributed by atoms with Gasteiger partial charge in [0.25, 0.3) is 0 Å². The Balaban J connectivity index is 2.26. The molecule has 1 aromatic heterocycles. The zero-order chi connectivity index (χ0) is 10.7. The lowest BCUT2D eigenvalue weighted by Crippen LogP contribution is -2.07. The van der Waals surface area contributed by atoms with Gasteiger partial charge in [-0.25, -0.2) is 9.18 Å². The van der Waals surface area contributed by atoms with Crippen molar-refractivity contribution in [1.29, 1.82) is 0 Å². The van der Waals surface area contributed by atoms with Crippen LogP contribution < -0.4 is 10.4 Å². The fourth-order valence-electron chi connectivity index (χ4n) is 1.04. The third-order valence-electron chi connectivity index (χ3n) is 1.71. The molecule has 0 spiro atoms. The molecule has 2 aromatic rings. The highest BCUT2D eigenvalue weighted by Gasteiger charge is 2.02. The Bertz CT molecular complexity index is 504. The molecule has 0 saturated heterocycles. The molecule has 0 bridgehead atoms. The summed E-state index contributed by atoms with van der Waals surface area (Å²) in [5.74, 6) is -0.102. The second-order valence-corrected chi connectivity index (χ2v) is 2.79. The van der Waals surface area contributed by atoms with E-state index in [1.165, 1.54) is 24.5 Å². The van der Waals surface area contributed by atoms with Crippen LogP contribution in [0.25, 0.3) is 0 Å². The number of para-hydroxylation sites is 1. The molecule has 4 nitrogen and oxygen atoms in total. The third-order valence-corrected chi connectivity index (χ3v) is 1.71. The number of nitrogens with one attached hydrogen (secondary N) is 1. The summed E-state index contributed by atoms with van der Waals surface area (Å²) in [5, 5.41) is 0. The van der Waals surface area contributed by atoms with Gasteiger partial charge < -0.3 is 9.72 Å². The Hall–Kier alpha value is -2.17. The van der Waals surface area contributed by atoms with Gasteiger partial charge in [-0.15, -0.1) is 0 Å². The minimum absolute atomic E-state index is 0.0892. The number of hydrogen-bond acceptors (Lipinski definition) is 3. The topological polar surface area (TPSA) is 55.0 Å². The summed E-state index contributed by atoms with van der Waals surface area (Å²) in [4.78, 5) is 16.4. The maximum atomic E-state index is 13.1. The summed E-state index contributed by atoms with van der Waals surface area (Å²) < 4.78 is 18.3. The molecule has 0 aliphatic carbocycles. The lowest BCUT2D eigenvalue weighted by Gasteiger charge is -2.04. The average Bonchev–Trinajstić information content (AvgIpc) is 2.25. The number of nitrogens with zero attached hydrogens (tertiary/aromatic N) is 1. The highest BCUT2D eigenvalue weighted by molar-refractivity contribution is 5.28. The van der Waals surface area contributed by atoms with Gasteiger partial charge in [-0.2, -0.15) is 4.98 Å². The van der Waals surface area contributed by atoms with Crippen LogP contribution >= 0.6 is 0 Å². The van der Waals surface area contributed by atoms with Gasteiger partial charge in [0, 0.05) is 0 Å². The molecule has 0 amide bonds. The summed E-state index contributed by atoms with van der Waals surface area (Å²) in [6.45, 7) is 0. The maximum absolute atomic E-state index is 13.1. The average molecular weight is 206 g/mol. The van der Waals surface area contributed by atoms with Gasteiger partial charge in [0.1, 0.15) is 0 Å². The predicted molar refractivity (Wildman–Crippen MR) is 51.3 cm³/mol. The van der Waals surface area contributed by atoms with Crippen molar-refractivity contribution in [2.75, 3.05) is 0 Å². The molecule has 1 N–H and O–H groups in total. The Kier molecular flexibility index (Phi) is 2.45. The second-order valence-electron chi connectivity index (χ2n) is 2.79. The molecule has 5 heteroatoms. The quantitative estimate of drug-likeness (QED) is 0.813. The normalized spacial score (nSPS) is 9.93. The Labute approximate surface area is 84.4 Å². The van der Waals surface area contributed by atoms with Crippen LogP contribution in [0.1, 0.15) is 0 Å². The summed E-state index contributed by atoms with van der Waals surface area (Å²) in [7, 11) is 0. The number of aromatic amines is 1. The molecule has 15 heavy (non-hydrogen) atoms. The van der Waals surface area contributed by atoms with Gasteiger partial charge in [0.05, 0.1) is 12.4 Å². The number of rotatable bonds is 2. The molecule has 1 aromatic carbocycles. The van der Waals surface area contributed by atoms with Crippen molar-refractivity contribution in [2.24, 2.45) is 0 Å². The Morgan fingerprint density at radius 1 is 1.33 bits per heavy atom. The summed E-state index contributed by atoms with van der Waals surface area (Å²) in [6, 6.07) is 5.99. The van der Waals surface area contributed by atoms with Crippen molar-refractivity contribution in [3.63, 3.8) is 0 Å². The molecule has 2 rings (SSSR count). The van der Waals surface area contributed by atoms with Gasteiger partial charge in [-0.1, -0.05) is 12.1 Å². The molecule has 0 unspecified atom stereocenters. The van der Waals surface area contributed by atoms with E-state index in [4.69, 9.17) is 4.74 Å². The highest BCUT2D eigenvalue weighted by Crippen LogP contribution is 2.21. The van der Waals surface area contributed by atoms with E-state index < -0.39 is 11.5 Å². The zero-order valence-corrected chi connectivity index (χ0v) is 7.61. The van der Waals surface area contributed by atoms with Gasteiger partial charge >= 0.3 is 5.69 Å². The predicted octanol–water partition coefficient (Wildman–Crippen LogP) is 1.70. The van der Waals surface area contributed by atoms with E-state index in [0.717, 1.165) is 0 Å². The molecule has 0 fully saturated rings. The second kappa shape index (κ2) is 3.91. The van der Waals surface area contributed by atoms with Gasteiger partial charge in [0.15, 0.2) is 17.3 Å². The molecular formula is C10H7FN2O2. The fourth-order valence-corrected chi connectivity index (χ4v) is 1.04. The van der Waals surface area contributed by atoms with Crippen molar-refractivity contribution in [3.05, 3.63) is 53.0 Å². The number of H-pyrrole nitrogens is 1. The lowest BCUT2D eigenvalue weighted by atomic mass is 10.3. The first kappa shape index (κ1) is 9.39. The van der Waals surface area contributed by atoms with Gasteiger partial charge in [-0.3, -0.25) is 0 Å². The first-order valence-corrected chi connectivity index (χ1v) is 4.23. The number of benzene rings is 1. The third kappa shape index (κ3) is 2.19. The molecule has 1 heterocycles. The first-order chi connectivity index (χ1) is 7.25. The molecule has 0 atom stereocenters. The van der Waals surface area contributed by atoms with Crippen LogP contribution in [0, 0.1) is 5.82 Å². The summed E-state index contributed by atoms with van der Waals surface area (Å²) in [5.41, 5.74) is -0.476. The van der Waals surface area contributed by atoms with Crippen molar-refractivity contribution >= 4 is 0 Å². The number of aromatic nitrogens is 2. The van der Waals surface area contributed by atoms with Crippen LogP contribution in [0.15, 0.2) is 41.5 Å². The molecule has 0 aliphatic rings. The molecule has 0 aliphatic heterocycles. The lowest BCUT2D eigenvalue weighted by molar-refractivity contribution is 0.438. The Morgan fingerprint density at radius 3 is 2.80 bits per heavy atom. The molecule has 76 valence electrons. The largest absolute Gasteiger partial charge is 0.451 e. The smallest absolute Gasteiger partial charge is 0.345 e. The molecule has 0 saturated carbocycles. The Morgan fingerprint density at radius 2 is 2.13 bits per heavy atom. The zero-order valence-electron chi connectivity index (χ0n) is 7.61. The van der Waals surface area contributed by atoms with Crippen LogP contribution in [0.5, 0.6) is 11.5 Å². The van der Waals surface area contributed by atoms with Crippen LogP contribution in [0.4, 0.5) is 4.39 Å². The van der Waals surface area contributed by atoms with Gasteiger partial charge in [-0.05, 0) is 12.1 Å². The van der Waals surface area contributed by atoms with Crippen LogP contribution in [0.3, 0.4) is 0 Å². The minimum Gasteiger partial charge on any atom is -0.451 e. The van der Waals surface area contributed by atoms with Crippen molar-refractivity contribution in [1.82, 2.24) is 9.97 Å². The van der Waals surface area contributed by atoms with Gasteiger partial charge in [0.2, 0.25) is 0 Å². The fraction of sp³-hybridized carbons (Fsp3) is 0. The van der Waals surface area contributed by atoms with E-state index in [1.54, 1.807) is 12.1 Å². The van der Waals surface area contributed by atoms with E-state index in [9.17, 15) is 9.18 Å². The monoisotopic (exact) mass is 206 g/mol. The van der Waals surface area contributed by atoms with E-state index in [2.05, 4.69) is 9.97 Å². The summed E-state index contributed by atoms with van der Waals surface area (Å²) >= 11 is 0. The summed E-state index contributed by atoms with van der Waals surface area (Å²) in [6.07, 6.45) is 2.55.